The fourth-order valence-corrected chi connectivity index (χ4v) is 2.11. The lowest BCUT2D eigenvalue weighted by Crippen LogP contribution is -2.14. The molecule has 0 unspecified atom stereocenters. The second-order valence-corrected chi connectivity index (χ2v) is 4.78. The van der Waals surface area contributed by atoms with E-state index in [1.54, 1.807) is 23.1 Å². The molecular formula is C12H12BrIO3. The van der Waals surface area contributed by atoms with Crippen LogP contribution in [0.5, 0.6) is 0 Å². The highest BCUT2D eigenvalue weighted by atomic mass is 127. The lowest BCUT2D eigenvalue weighted by Gasteiger charge is -2.13. The lowest BCUT2D eigenvalue weighted by molar-refractivity contribution is -0.139. The first-order chi connectivity index (χ1) is 8.10. The van der Waals surface area contributed by atoms with Gasteiger partial charge in [0.15, 0.2) is 0 Å². The average Bonchev–Trinajstić information content (AvgIpc) is 2.31. The van der Waals surface area contributed by atoms with Crippen molar-refractivity contribution in [1.82, 2.24) is 0 Å². The van der Waals surface area contributed by atoms with Gasteiger partial charge in [-0.05, 0) is 28.7 Å². The van der Waals surface area contributed by atoms with E-state index in [2.05, 4.69) is 15.9 Å². The fourth-order valence-electron chi connectivity index (χ4n) is 1.25. The molecule has 0 fully saturated rings. The minimum atomic E-state index is -0.959. The number of ether oxygens (including phenoxy) is 1. The van der Waals surface area contributed by atoms with Crippen LogP contribution in [0.3, 0.4) is 0 Å². The molecule has 1 rings (SSSR count). The van der Waals surface area contributed by atoms with Crippen molar-refractivity contribution >= 4 is 44.5 Å². The van der Waals surface area contributed by atoms with Gasteiger partial charge in [0.25, 0.3) is 0 Å². The van der Waals surface area contributed by atoms with Crippen LogP contribution in [0.15, 0.2) is 38.4 Å². The molecule has 17 heavy (non-hydrogen) atoms. The van der Waals surface area contributed by atoms with Crippen LogP contribution in [-0.4, -0.2) is 17.7 Å². The van der Waals surface area contributed by atoms with Crippen molar-refractivity contribution in [2.45, 2.75) is 13.0 Å². The molecule has 1 atom stereocenters. The fraction of sp³-hybridized carbons (Fsp3) is 0.250. The third kappa shape index (κ3) is 4.08. The van der Waals surface area contributed by atoms with Gasteiger partial charge in [0, 0.05) is 4.47 Å². The molecule has 1 N–H and O–H groups in total. The summed E-state index contributed by atoms with van der Waals surface area (Å²) in [7, 11) is 0. The number of esters is 1. The molecule has 1 aromatic carbocycles. The Morgan fingerprint density at radius 1 is 1.53 bits per heavy atom. The second-order valence-electron chi connectivity index (χ2n) is 3.24. The largest absolute Gasteiger partial charge is 0.463 e. The van der Waals surface area contributed by atoms with Gasteiger partial charge in [-0.3, -0.25) is 0 Å². The van der Waals surface area contributed by atoms with Gasteiger partial charge in [-0.2, -0.15) is 0 Å². The Morgan fingerprint density at radius 3 is 2.59 bits per heavy atom. The number of halogens is 2. The van der Waals surface area contributed by atoms with Crippen molar-refractivity contribution in [3.63, 3.8) is 0 Å². The van der Waals surface area contributed by atoms with Gasteiger partial charge >= 0.3 is 5.97 Å². The summed E-state index contributed by atoms with van der Waals surface area (Å²) < 4.78 is 7.35. The molecule has 0 amide bonds. The van der Waals surface area contributed by atoms with Crippen LogP contribution in [-0.2, 0) is 9.53 Å². The number of carbonyl (C=O) groups is 1. The quantitative estimate of drug-likeness (QED) is 0.470. The van der Waals surface area contributed by atoms with Crippen molar-refractivity contribution in [2.24, 2.45) is 0 Å². The van der Waals surface area contributed by atoms with Gasteiger partial charge < -0.3 is 9.84 Å². The second kappa shape index (κ2) is 7.13. The SMILES string of the molecule is CCOC(=O)/C(=C\I)[C@H](O)c1ccc(Br)cc1. The van der Waals surface area contributed by atoms with E-state index in [1.807, 2.05) is 34.7 Å². The summed E-state index contributed by atoms with van der Waals surface area (Å²) in [6, 6.07) is 7.14. The number of hydrogen-bond donors (Lipinski definition) is 1. The molecule has 0 radical (unpaired) electrons. The van der Waals surface area contributed by atoms with Crippen LogP contribution in [0.25, 0.3) is 0 Å². The molecule has 92 valence electrons. The first-order valence-corrected chi connectivity index (χ1v) is 7.05. The molecule has 0 spiro atoms. The number of rotatable bonds is 4. The molecular weight excluding hydrogens is 399 g/mol. The zero-order valence-corrected chi connectivity index (χ0v) is 12.9. The summed E-state index contributed by atoms with van der Waals surface area (Å²) >= 11 is 5.23. The van der Waals surface area contributed by atoms with Crippen LogP contribution < -0.4 is 0 Å². The van der Waals surface area contributed by atoms with E-state index in [4.69, 9.17) is 4.74 Å². The molecule has 0 bridgehead atoms. The highest BCUT2D eigenvalue weighted by Gasteiger charge is 2.20. The number of benzene rings is 1. The highest BCUT2D eigenvalue weighted by molar-refractivity contribution is 14.1. The molecule has 5 heteroatoms. The zero-order valence-electron chi connectivity index (χ0n) is 9.19. The Balaban J connectivity index is 2.90. The topological polar surface area (TPSA) is 46.5 Å². The molecule has 0 aliphatic rings. The normalized spacial score (nSPS) is 13.3. The Kier molecular flexibility index (Phi) is 6.15. The first kappa shape index (κ1) is 14.7. The van der Waals surface area contributed by atoms with Crippen LogP contribution in [0.1, 0.15) is 18.6 Å². The monoisotopic (exact) mass is 410 g/mol. The molecule has 1 aromatic rings. The van der Waals surface area contributed by atoms with Gasteiger partial charge in [0.05, 0.1) is 12.2 Å². The Bertz CT molecular complexity index is 414. The third-order valence-electron chi connectivity index (χ3n) is 2.11. The number of carbonyl (C=O) groups excluding carboxylic acids is 1. The highest BCUT2D eigenvalue weighted by Crippen LogP contribution is 2.25. The van der Waals surface area contributed by atoms with E-state index in [1.165, 1.54) is 0 Å². The number of hydrogen-bond acceptors (Lipinski definition) is 3. The molecule has 0 aliphatic heterocycles. The molecule has 0 heterocycles. The molecule has 3 nitrogen and oxygen atoms in total. The molecule has 0 saturated heterocycles. The van der Waals surface area contributed by atoms with E-state index in [0.717, 1.165) is 4.47 Å². The van der Waals surface area contributed by atoms with E-state index in [9.17, 15) is 9.90 Å². The van der Waals surface area contributed by atoms with Gasteiger partial charge in [0.2, 0.25) is 0 Å². The van der Waals surface area contributed by atoms with E-state index in [-0.39, 0.29) is 5.57 Å². The summed E-state index contributed by atoms with van der Waals surface area (Å²) in [5.41, 5.74) is 0.902. The number of aliphatic hydroxyl groups is 1. The molecule has 0 aromatic heterocycles. The van der Waals surface area contributed by atoms with Gasteiger partial charge in [-0.25, -0.2) is 4.79 Å². The predicted molar refractivity (Wildman–Crippen MR) is 77.8 cm³/mol. The molecule has 0 aliphatic carbocycles. The van der Waals surface area contributed by atoms with Crippen molar-refractivity contribution < 1.29 is 14.6 Å². The van der Waals surface area contributed by atoms with Gasteiger partial charge in [0.1, 0.15) is 6.10 Å². The van der Waals surface area contributed by atoms with E-state index < -0.39 is 12.1 Å². The van der Waals surface area contributed by atoms with Crippen molar-refractivity contribution in [3.05, 3.63) is 44.0 Å². The summed E-state index contributed by atoms with van der Waals surface area (Å²) in [5.74, 6) is -0.489. The van der Waals surface area contributed by atoms with Gasteiger partial charge in [-0.1, -0.05) is 50.7 Å². The Morgan fingerprint density at radius 2 is 2.12 bits per heavy atom. The van der Waals surface area contributed by atoms with Crippen LogP contribution in [0.4, 0.5) is 0 Å². The maximum Gasteiger partial charge on any atom is 0.337 e. The Labute approximate surface area is 122 Å². The van der Waals surface area contributed by atoms with Crippen molar-refractivity contribution in [1.29, 1.82) is 0 Å². The summed E-state index contributed by atoms with van der Waals surface area (Å²) in [6.45, 7) is 2.02. The maximum atomic E-state index is 11.6. The van der Waals surface area contributed by atoms with E-state index >= 15 is 0 Å². The number of aliphatic hydroxyl groups excluding tert-OH is 1. The van der Waals surface area contributed by atoms with Crippen LogP contribution in [0.2, 0.25) is 0 Å². The van der Waals surface area contributed by atoms with Crippen LogP contribution >= 0.6 is 38.5 Å². The van der Waals surface area contributed by atoms with Crippen molar-refractivity contribution in [2.75, 3.05) is 6.61 Å². The summed E-state index contributed by atoms with van der Waals surface area (Å²) in [4.78, 5) is 11.6. The minimum Gasteiger partial charge on any atom is -0.463 e. The minimum absolute atomic E-state index is 0.245. The smallest absolute Gasteiger partial charge is 0.337 e. The average molecular weight is 411 g/mol. The van der Waals surface area contributed by atoms with Crippen LogP contribution in [0, 0.1) is 0 Å². The molecule has 0 saturated carbocycles. The maximum absolute atomic E-state index is 11.6. The summed E-state index contributed by atoms with van der Waals surface area (Å²) in [5, 5.41) is 10.1. The van der Waals surface area contributed by atoms with Gasteiger partial charge in [-0.15, -0.1) is 0 Å². The Hall–Kier alpha value is -0.400. The first-order valence-electron chi connectivity index (χ1n) is 5.01. The predicted octanol–water partition coefficient (Wildman–Crippen LogP) is 3.36. The van der Waals surface area contributed by atoms with E-state index in [0.29, 0.717) is 12.2 Å². The third-order valence-corrected chi connectivity index (χ3v) is 3.31. The summed E-state index contributed by atoms with van der Waals surface area (Å²) in [6.07, 6.45) is -0.959. The standard InChI is InChI=1S/C12H12BrIO3/c1-2-17-12(16)10(7-14)11(15)8-3-5-9(13)6-4-8/h3-7,11,15H,2H2,1H3/b10-7-/t11-/m1/s1. The lowest BCUT2D eigenvalue weighted by atomic mass is 10.0. The zero-order chi connectivity index (χ0) is 12.8. The van der Waals surface area contributed by atoms with Crippen molar-refractivity contribution in [3.8, 4) is 0 Å².